The molecular weight excluding hydrogens is 452 g/mol. The fourth-order valence-corrected chi connectivity index (χ4v) is 4.05. The first-order valence-corrected chi connectivity index (χ1v) is 11.0. The molecule has 0 aromatic heterocycles. The molecule has 0 atom stereocenters. The van der Waals surface area contributed by atoms with Gasteiger partial charge in [-0.3, -0.25) is 4.79 Å². The Labute approximate surface area is 183 Å². The number of ether oxygens (including phenoxy) is 2. The van der Waals surface area contributed by atoms with Crippen molar-refractivity contribution in [2.24, 2.45) is 4.99 Å². The maximum Gasteiger partial charge on any atom is 0.264 e. The SMILES string of the molecule is CCOc1cc(C=C2SC(=Nc3ccc(C)cc3)NC2=O)cc(Br)c1OC(C)C. The van der Waals surface area contributed by atoms with Crippen LogP contribution in [0.1, 0.15) is 31.9 Å². The fourth-order valence-electron chi connectivity index (χ4n) is 2.65. The van der Waals surface area contributed by atoms with Crippen LogP contribution in [0.4, 0.5) is 5.69 Å². The molecule has 152 valence electrons. The number of carbonyl (C=O) groups excluding carboxylic acids is 1. The minimum atomic E-state index is -0.169. The predicted octanol–water partition coefficient (Wildman–Crippen LogP) is 5.84. The molecule has 1 heterocycles. The van der Waals surface area contributed by atoms with E-state index < -0.39 is 0 Å². The van der Waals surface area contributed by atoms with E-state index in [2.05, 4.69) is 26.2 Å². The number of amides is 1. The van der Waals surface area contributed by atoms with Crippen molar-refractivity contribution in [3.63, 3.8) is 0 Å². The van der Waals surface area contributed by atoms with Gasteiger partial charge in [0.05, 0.1) is 27.8 Å². The number of halogens is 1. The quantitative estimate of drug-likeness (QED) is 0.534. The lowest BCUT2D eigenvalue weighted by Gasteiger charge is -2.17. The molecule has 1 fully saturated rings. The summed E-state index contributed by atoms with van der Waals surface area (Å²) in [5, 5.41) is 3.38. The molecule has 1 amide bonds. The number of thioether (sulfide) groups is 1. The summed E-state index contributed by atoms with van der Waals surface area (Å²) in [7, 11) is 0. The van der Waals surface area contributed by atoms with Crippen LogP contribution in [0, 0.1) is 6.92 Å². The molecule has 2 aromatic rings. The molecule has 0 saturated carbocycles. The second kappa shape index (κ2) is 9.50. The van der Waals surface area contributed by atoms with Crippen molar-refractivity contribution in [3.05, 3.63) is 56.9 Å². The lowest BCUT2D eigenvalue weighted by atomic mass is 10.2. The highest BCUT2D eigenvalue weighted by Crippen LogP contribution is 2.39. The monoisotopic (exact) mass is 474 g/mol. The summed E-state index contributed by atoms with van der Waals surface area (Å²) in [4.78, 5) is 17.5. The van der Waals surface area contributed by atoms with Crippen molar-refractivity contribution in [2.75, 3.05) is 6.61 Å². The molecule has 0 bridgehead atoms. The number of aliphatic imine (C=N–C) groups is 1. The van der Waals surface area contributed by atoms with Gasteiger partial charge in [0.15, 0.2) is 16.7 Å². The molecule has 1 aliphatic rings. The Morgan fingerprint density at radius 2 is 1.97 bits per heavy atom. The van der Waals surface area contributed by atoms with Gasteiger partial charge in [-0.05, 0) is 91.3 Å². The van der Waals surface area contributed by atoms with Gasteiger partial charge in [-0.15, -0.1) is 0 Å². The molecule has 5 nitrogen and oxygen atoms in total. The van der Waals surface area contributed by atoms with E-state index in [4.69, 9.17) is 9.47 Å². The van der Waals surface area contributed by atoms with Crippen molar-refractivity contribution in [1.29, 1.82) is 0 Å². The van der Waals surface area contributed by atoms with Gasteiger partial charge in [-0.25, -0.2) is 4.99 Å². The molecule has 2 aromatic carbocycles. The second-order valence-electron chi connectivity index (χ2n) is 6.75. The van der Waals surface area contributed by atoms with Gasteiger partial charge in [-0.1, -0.05) is 17.7 Å². The molecular formula is C22H23BrN2O3S. The summed E-state index contributed by atoms with van der Waals surface area (Å²) in [6.07, 6.45) is 1.84. The van der Waals surface area contributed by atoms with E-state index in [1.54, 1.807) is 0 Å². The smallest absolute Gasteiger partial charge is 0.264 e. The van der Waals surface area contributed by atoms with E-state index in [0.717, 1.165) is 15.7 Å². The first kappa shape index (κ1) is 21.5. The molecule has 0 aliphatic carbocycles. The molecule has 0 unspecified atom stereocenters. The van der Waals surface area contributed by atoms with Crippen molar-refractivity contribution in [3.8, 4) is 11.5 Å². The van der Waals surface area contributed by atoms with Crippen molar-refractivity contribution < 1.29 is 14.3 Å². The average Bonchev–Trinajstić information content (AvgIpc) is 2.99. The van der Waals surface area contributed by atoms with Crippen LogP contribution in [-0.2, 0) is 4.79 Å². The summed E-state index contributed by atoms with van der Waals surface area (Å²) in [5.41, 5.74) is 2.81. The zero-order valence-corrected chi connectivity index (χ0v) is 19.2. The van der Waals surface area contributed by atoms with Gasteiger partial charge >= 0.3 is 0 Å². The summed E-state index contributed by atoms with van der Waals surface area (Å²) in [6.45, 7) is 8.39. The first-order valence-electron chi connectivity index (χ1n) is 9.35. The Balaban J connectivity index is 1.87. The highest BCUT2D eigenvalue weighted by Gasteiger charge is 2.24. The number of nitrogens with one attached hydrogen (secondary N) is 1. The lowest BCUT2D eigenvalue weighted by Crippen LogP contribution is -2.19. The predicted molar refractivity (Wildman–Crippen MR) is 123 cm³/mol. The van der Waals surface area contributed by atoms with E-state index in [-0.39, 0.29) is 12.0 Å². The van der Waals surface area contributed by atoms with E-state index in [9.17, 15) is 4.79 Å². The van der Waals surface area contributed by atoms with E-state index in [1.165, 1.54) is 17.3 Å². The number of amidine groups is 1. The van der Waals surface area contributed by atoms with Crippen molar-refractivity contribution in [2.45, 2.75) is 33.8 Å². The second-order valence-corrected chi connectivity index (χ2v) is 8.63. The highest BCUT2D eigenvalue weighted by molar-refractivity contribution is 9.10. The minimum Gasteiger partial charge on any atom is -0.490 e. The largest absolute Gasteiger partial charge is 0.490 e. The summed E-state index contributed by atoms with van der Waals surface area (Å²) < 4.78 is 12.4. The topological polar surface area (TPSA) is 59.9 Å². The van der Waals surface area contributed by atoms with Crippen molar-refractivity contribution >= 4 is 50.5 Å². The lowest BCUT2D eigenvalue weighted by molar-refractivity contribution is -0.115. The van der Waals surface area contributed by atoms with Crippen LogP contribution in [0.15, 0.2) is 50.8 Å². The van der Waals surface area contributed by atoms with E-state index in [0.29, 0.717) is 28.2 Å². The average molecular weight is 475 g/mol. The normalized spacial score (nSPS) is 16.6. The van der Waals surface area contributed by atoms with Gasteiger partial charge in [-0.2, -0.15) is 0 Å². The Morgan fingerprint density at radius 3 is 2.62 bits per heavy atom. The third kappa shape index (κ3) is 5.64. The van der Waals surface area contributed by atoms with Crippen LogP contribution in [0.5, 0.6) is 11.5 Å². The molecule has 29 heavy (non-hydrogen) atoms. The minimum absolute atomic E-state index is 0.0198. The van der Waals surface area contributed by atoms with Crippen LogP contribution in [0.2, 0.25) is 0 Å². The summed E-state index contributed by atoms with van der Waals surface area (Å²) in [5.74, 6) is 1.13. The Bertz CT molecular complexity index is 969. The molecule has 7 heteroatoms. The molecule has 1 N–H and O–H groups in total. The third-order valence-electron chi connectivity index (χ3n) is 3.90. The molecule has 0 spiro atoms. The number of nitrogens with zero attached hydrogens (tertiary/aromatic N) is 1. The maximum absolute atomic E-state index is 12.4. The zero-order chi connectivity index (χ0) is 21.0. The molecule has 1 aliphatic heterocycles. The van der Waals surface area contributed by atoms with Gasteiger partial charge in [0.1, 0.15) is 0 Å². The Hall–Kier alpha value is -2.25. The summed E-state index contributed by atoms with van der Waals surface area (Å²) >= 11 is 4.87. The number of benzene rings is 2. The number of aryl methyl sites for hydroxylation is 1. The Morgan fingerprint density at radius 1 is 1.24 bits per heavy atom. The third-order valence-corrected chi connectivity index (χ3v) is 5.40. The number of rotatable bonds is 6. The molecule has 0 radical (unpaired) electrons. The van der Waals surface area contributed by atoms with Crippen LogP contribution in [-0.4, -0.2) is 23.8 Å². The maximum atomic E-state index is 12.4. The van der Waals surface area contributed by atoms with Gasteiger partial charge in [0, 0.05) is 0 Å². The highest BCUT2D eigenvalue weighted by atomic mass is 79.9. The number of hydrogen-bond acceptors (Lipinski definition) is 5. The van der Waals surface area contributed by atoms with E-state index in [1.807, 2.05) is 70.2 Å². The van der Waals surface area contributed by atoms with Gasteiger partial charge in [0.25, 0.3) is 5.91 Å². The first-order chi connectivity index (χ1) is 13.9. The number of carbonyl (C=O) groups is 1. The summed E-state index contributed by atoms with van der Waals surface area (Å²) in [6, 6.07) is 11.6. The van der Waals surface area contributed by atoms with Gasteiger partial charge < -0.3 is 14.8 Å². The molecule has 3 rings (SSSR count). The molecule has 1 saturated heterocycles. The van der Waals surface area contributed by atoms with Crippen molar-refractivity contribution in [1.82, 2.24) is 5.32 Å². The fraction of sp³-hybridized carbons (Fsp3) is 0.273. The van der Waals surface area contributed by atoms with Crippen LogP contribution >= 0.6 is 27.7 Å². The van der Waals surface area contributed by atoms with E-state index >= 15 is 0 Å². The van der Waals surface area contributed by atoms with Crippen LogP contribution < -0.4 is 14.8 Å². The van der Waals surface area contributed by atoms with Crippen LogP contribution in [0.3, 0.4) is 0 Å². The number of hydrogen-bond donors (Lipinski definition) is 1. The zero-order valence-electron chi connectivity index (χ0n) is 16.8. The standard InChI is InChI=1S/C22H23BrN2O3S/c1-5-27-18-11-15(10-17(23)20(18)28-13(2)3)12-19-21(26)25-22(29-19)24-16-8-6-14(4)7-9-16/h6-13H,5H2,1-4H3,(H,24,25,26). The Kier molecular flexibility index (Phi) is 7.03. The van der Waals surface area contributed by atoms with Gasteiger partial charge in [0.2, 0.25) is 0 Å². The van der Waals surface area contributed by atoms with Crippen LogP contribution in [0.25, 0.3) is 6.08 Å².